The maximum absolute atomic E-state index is 8.32. The highest BCUT2D eigenvalue weighted by molar-refractivity contribution is 6.35. The van der Waals surface area contributed by atoms with Gasteiger partial charge >= 0.3 is 0 Å². The molecule has 0 aromatic carbocycles. The highest BCUT2D eigenvalue weighted by Crippen LogP contribution is 2.31. The molecular formula is C17H22ClN7. The van der Waals surface area contributed by atoms with Crippen LogP contribution in [-0.2, 0) is 0 Å². The van der Waals surface area contributed by atoms with E-state index in [1.165, 1.54) is 6.20 Å². The summed E-state index contributed by atoms with van der Waals surface area (Å²) in [6.45, 7) is 4.65. The third-order valence-electron chi connectivity index (χ3n) is 4.85. The van der Waals surface area contributed by atoms with E-state index in [9.17, 15) is 0 Å². The molecule has 0 saturated carbocycles. The average molecular weight is 360 g/mol. The van der Waals surface area contributed by atoms with Gasteiger partial charge in [-0.15, -0.1) is 0 Å². The fraction of sp³-hybridized carbons (Fsp3) is 0.412. The van der Waals surface area contributed by atoms with E-state index in [0.717, 1.165) is 31.7 Å². The van der Waals surface area contributed by atoms with Crippen LogP contribution < -0.4 is 16.4 Å². The summed E-state index contributed by atoms with van der Waals surface area (Å²) in [4.78, 5) is 14.9. The normalized spacial score (nSPS) is 16.7. The van der Waals surface area contributed by atoms with Crippen LogP contribution in [0.5, 0.6) is 0 Å². The van der Waals surface area contributed by atoms with Crippen LogP contribution in [0.25, 0.3) is 0 Å². The molecule has 0 bridgehead atoms. The second-order valence-electron chi connectivity index (χ2n) is 6.69. The summed E-state index contributed by atoms with van der Waals surface area (Å²) in [5.74, 6) is 0.955. The van der Waals surface area contributed by atoms with Crippen molar-refractivity contribution in [1.29, 1.82) is 5.41 Å². The van der Waals surface area contributed by atoms with E-state index < -0.39 is 0 Å². The number of piperidine rings is 1. The summed E-state index contributed by atoms with van der Waals surface area (Å²) >= 11 is 6.10. The molecule has 0 radical (unpaired) electrons. The Morgan fingerprint density at radius 2 is 2.08 bits per heavy atom. The molecule has 1 aliphatic rings. The summed E-state index contributed by atoms with van der Waals surface area (Å²) in [6.07, 6.45) is 6.76. The standard InChI is InChI=1S/C17H22ClN7/c1-17(10-19)3-6-25(7-4-17)13-9-23-15(16(21)24-13)14(20)11-2-5-22-8-12(11)18/h2,5,8-9,20H,3-4,6-7,10,19H2,1H3,(H2,21,24). The van der Waals surface area contributed by atoms with Gasteiger partial charge in [0.2, 0.25) is 0 Å². The molecule has 0 spiro atoms. The molecule has 7 nitrogen and oxygen atoms in total. The minimum Gasteiger partial charge on any atom is -0.382 e. The number of anilines is 2. The van der Waals surface area contributed by atoms with Gasteiger partial charge in [0.25, 0.3) is 0 Å². The van der Waals surface area contributed by atoms with Crippen molar-refractivity contribution in [2.75, 3.05) is 30.3 Å². The predicted molar refractivity (Wildman–Crippen MR) is 100 cm³/mol. The maximum Gasteiger partial charge on any atom is 0.154 e. The Morgan fingerprint density at radius 3 is 2.68 bits per heavy atom. The first-order valence-corrected chi connectivity index (χ1v) is 8.58. The van der Waals surface area contributed by atoms with Crippen molar-refractivity contribution in [3.05, 3.63) is 40.9 Å². The highest BCUT2D eigenvalue weighted by Gasteiger charge is 2.29. The van der Waals surface area contributed by atoms with Crippen molar-refractivity contribution in [3.8, 4) is 0 Å². The average Bonchev–Trinajstić information content (AvgIpc) is 2.62. The van der Waals surface area contributed by atoms with Crippen LogP contribution in [-0.4, -0.2) is 40.3 Å². The van der Waals surface area contributed by atoms with Crippen molar-refractivity contribution in [1.82, 2.24) is 15.0 Å². The number of pyridine rings is 1. The van der Waals surface area contributed by atoms with Gasteiger partial charge < -0.3 is 16.4 Å². The number of hydrogen-bond acceptors (Lipinski definition) is 7. The molecule has 8 heteroatoms. The molecule has 0 aliphatic carbocycles. The van der Waals surface area contributed by atoms with Crippen LogP contribution in [0.1, 0.15) is 31.0 Å². The summed E-state index contributed by atoms with van der Waals surface area (Å²) in [6, 6.07) is 1.66. The quantitative estimate of drug-likeness (QED) is 0.719. The van der Waals surface area contributed by atoms with E-state index >= 15 is 0 Å². The molecule has 1 saturated heterocycles. The van der Waals surface area contributed by atoms with E-state index in [1.54, 1.807) is 18.5 Å². The fourth-order valence-corrected chi connectivity index (χ4v) is 3.14. The van der Waals surface area contributed by atoms with Crippen LogP contribution in [0, 0.1) is 10.8 Å². The third-order valence-corrected chi connectivity index (χ3v) is 5.15. The lowest BCUT2D eigenvalue weighted by Crippen LogP contribution is -2.42. The summed E-state index contributed by atoms with van der Waals surface area (Å²) in [7, 11) is 0. The van der Waals surface area contributed by atoms with Gasteiger partial charge in [-0.2, -0.15) is 0 Å². The van der Waals surface area contributed by atoms with Gasteiger partial charge in [0.1, 0.15) is 11.5 Å². The molecule has 0 amide bonds. The zero-order valence-electron chi connectivity index (χ0n) is 14.2. The van der Waals surface area contributed by atoms with Gasteiger partial charge in [0.15, 0.2) is 5.82 Å². The second kappa shape index (κ2) is 6.93. The van der Waals surface area contributed by atoms with Gasteiger partial charge in [-0.1, -0.05) is 18.5 Å². The molecule has 1 fully saturated rings. The number of aromatic nitrogens is 3. The van der Waals surface area contributed by atoms with Crippen molar-refractivity contribution in [2.45, 2.75) is 19.8 Å². The first-order chi connectivity index (χ1) is 11.9. The molecule has 0 atom stereocenters. The SMILES string of the molecule is CC1(CN)CCN(c2cnc(C(=N)c3ccncc3Cl)c(N)n2)CC1. The zero-order valence-corrected chi connectivity index (χ0v) is 14.9. The van der Waals surface area contributed by atoms with Crippen molar-refractivity contribution in [3.63, 3.8) is 0 Å². The van der Waals surface area contributed by atoms with Gasteiger partial charge in [-0.05, 0) is 30.9 Å². The minimum atomic E-state index is 0.137. The van der Waals surface area contributed by atoms with Crippen molar-refractivity contribution >= 4 is 28.9 Å². The molecule has 132 valence electrons. The maximum atomic E-state index is 8.32. The van der Waals surface area contributed by atoms with E-state index in [-0.39, 0.29) is 16.9 Å². The summed E-state index contributed by atoms with van der Waals surface area (Å²) in [5, 5.41) is 8.71. The Balaban J connectivity index is 1.80. The van der Waals surface area contributed by atoms with E-state index in [2.05, 4.69) is 26.8 Å². The Hall–Kier alpha value is -2.25. The van der Waals surface area contributed by atoms with Gasteiger partial charge in [0.05, 0.1) is 16.9 Å². The number of hydrogen-bond donors (Lipinski definition) is 3. The number of halogens is 1. The van der Waals surface area contributed by atoms with Gasteiger partial charge in [-0.25, -0.2) is 9.97 Å². The van der Waals surface area contributed by atoms with Crippen LogP contribution in [0.15, 0.2) is 24.7 Å². The Morgan fingerprint density at radius 1 is 1.36 bits per heavy atom. The minimum absolute atomic E-state index is 0.137. The number of nitrogens with one attached hydrogen (secondary N) is 1. The Labute approximate surface area is 151 Å². The topological polar surface area (TPSA) is 118 Å². The Bertz CT molecular complexity index is 784. The number of nitrogen functional groups attached to an aromatic ring is 1. The van der Waals surface area contributed by atoms with E-state index in [1.807, 2.05) is 0 Å². The molecule has 3 heterocycles. The molecule has 2 aromatic rings. The predicted octanol–water partition coefficient (Wildman–Crippen LogP) is 2.09. The lowest BCUT2D eigenvalue weighted by atomic mass is 9.80. The van der Waals surface area contributed by atoms with Gasteiger partial charge in [-0.3, -0.25) is 10.4 Å². The molecular weight excluding hydrogens is 338 g/mol. The summed E-state index contributed by atoms with van der Waals surface area (Å²) in [5.41, 5.74) is 13.1. The molecule has 2 aromatic heterocycles. The Kier molecular flexibility index (Phi) is 4.87. The largest absolute Gasteiger partial charge is 0.382 e. The van der Waals surface area contributed by atoms with Crippen LogP contribution in [0.4, 0.5) is 11.6 Å². The summed E-state index contributed by atoms with van der Waals surface area (Å²) < 4.78 is 0. The molecule has 25 heavy (non-hydrogen) atoms. The van der Waals surface area contributed by atoms with E-state index in [0.29, 0.717) is 22.8 Å². The van der Waals surface area contributed by atoms with Crippen LogP contribution >= 0.6 is 11.6 Å². The first-order valence-electron chi connectivity index (χ1n) is 8.20. The molecule has 1 aliphatic heterocycles. The van der Waals surface area contributed by atoms with Crippen molar-refractivity contribution in [2.24, 2.45) is 11.1 Å². The lowest BCUT2D eigenvalue weighted by molar-refractivity contribution is 0.258. The smallest absolute Gasteiger partial charge is 0.154 e. The lowest BCUT2D eigenvalue weighted by Gasteiger charge is -2.39. The zero-order chi connectivity index (χ0) is 18.0. The molecule has 3 rings (SSSR count). The monoisotopic (exact) mass is 359 g/mol. The molecule has 0 unspecified atom stereocenters. The fourth-order valence-electron chi connectivity index (χ4n) is 2.92. The highest BCUT2D eigenvalue weighted by atomic mass is 35.5. The van der Waals surface area contributed by atoms with E-state index in [4.69, 9.17) is 28.5 Å². The van der Waals surface area contributed by atoms with Gasteiger partial charge in [0, 0.05) is 31.0 Å². The number of nitrogens with two attached hydrogens (primary N) is 2. The van der Waals surface area contributed by atoms with Crippen molar-refractivity contribution < 1.29 is 0 Å². The van der Waals surface area contributed by atoms with Crippen LogP contribution in [0.3, 0.4) is 0 Å². The second-order valence-corrected chi connectivity index (χ2v) is 7.10. The molecule has 5 N–H and O–H groups in total. The number of nitrogens with zero attached hydrogens (tertiary/aromatic N) is 4. The third kappa shape index (κ3) is 3.57. The first kappa shape index (κ1) is 17.6. The van der Waals surface area contributed by atoms with Crippen LogP contribution in [0.2, 0.25) is 5.02 Å². The number of rotatable bonds is 4.